The van der Waals surface area contributed by atoms with Crippen molar-refractivity contribution in [3.63, 3.8) is 0 Å². The fraction of sp³-hybridized carbons (Fsp3) is 0.467. The molecule has 1 aromatic carbocycles. The summed E-state index contributed by atoms with van der Waals surface area (Å²) in [7, 11) is 0. The van der Waals surface area contributed by atoms with Gasteiger partial charge in [0, 0.05) is 13.1 Å². The van der Waals surface area contributed by atoms with Crippen LogP contribution in [0.25, 0.3) is 0 Å². The van der Waals surface area contributed by atoms with Gasteiger partial charge in [-0.1, -0.05) is 6.07 Å². The molecular formula is C15H19NO4. The molecule has 0 bridgehead atoms. The lowest BCUT2D eigenvalue weighted by Gasteiger charge is -2.26. The third kappa shape index (κ3) is 3.50. The van der Waals surface area contributed by atoms with E-state index in [1.807, 2.05) is 6.92 Å². The van der Waals surface area contributed by atoms with Crippen molar-refractivity contribution in [2.45, 2.75) is 26.2 Å². The highest BCUT2D eigenvalue weighted by atomic mass is 16.5. The van der Waals surface area contributed by atoms with Crippen LogP contribution in [-0.2, 0) is 4.79 Å². The van der Waals surface area contributed by atoms with Crippen molar-refractivity contribution in [2.75, 3.05) is 19.7 Å². The Morgan fingerprint density at radius 1 is 1.25 bits per heavy atom. The van der Waals surface area contributed by atoms with Gasteiger partial charge in [-0.2, -0.15) is 0 Å². The fourth-order valence-corrected chi connectivity index (χ4v) is 2.30. The molecule has 1 amide bonds. The molecule has 1 saturated heterocycles. The average molecular weight is 277 g/mol. The van der Waals surface area contributed by atoms with Crippen LogP contribution >= 0.6 is 0 Å². The fourth-order valence-electron chi connectivity index (χ4n) is 2.30. The highest BCUT2D eigenvalue weighted by Crippen LogP contribution is 2.20. The van der Waals surface area contributed by atoms with Gasteiger partial charge in [-0.3, -0.25) is 4.79 Å². The molecule has 0 saturated carbocycles. The van der Waals surface area contributed by atoms with Crippen molar-refractivity contribution in [3.8, 4) is 5.75 Å². The van der Waals surface area contributed by atoms with Crippen molar-refractivity contribution >= 4 is 11.9 Å². The average Bonchev–Trinajstić information content (AvgIpc) is 2.45. The number of benzene rings is 1. The van der Waals surface area contributed by atoms with E-state index in [4.69, 9.17) is 9.84 Å². The quantitative estimate of drug-likeness (QED) is 0.915. The van der Waals surface area contributed by atoms with Gasteiger partial charge in [-0.15, -0.1) is 0 Å². The van der Waals surface area contributed by atoms with Crippen LogP contribution in [0.2, 0.25) is 0 Å². The number of hydrogen-bond donors (Lipinski definition) is 1. The van der Waals surface area contributed by atoms with Crippen molar-refractivity contribution in [1.29, 1.82) is 0 Å². The Morgan fingerprint density at radius 2 is 1.95 bits per heavy atom. The van der Waals surface area contributed by atoms with Gasteiger partial charge < -0.3 is 14.7 Å². The van der Waals surface area contributed by atoms with Gasteiger partial charge in [-0.05, 0) is 43.9 Å². The number of carboxylic acid groups (broad SMARTS) is 1. The number of carboxylic acids is 1. The van der Waals surface area contributed by atoms with Gasteiger partial charge in [0.25, 0.3) is 5.91 Å². The standard InChI is InChI=1S/C15H19NO4/c1-11-5-6-12(15(18)19)13(9-11)20-10-14(17)16-7-3-2-4-8-16/h5-6,9H,2-4,7-8,10H2,1H3,(H,18,19). The summed E-state index contributed by atoms with van der Waals surface area (Å²) in [6, 6.07) is 4.86. The Morgan fingerprint density at radius 3 is 2.60 bits per heavy atom. The van der Waals surface area contributed by atoms with Gasteiger partial charge in [0.1, 0.15) is 11.3 Å². The maximum absolute atomic E-state index is 12.0. The first-order valence-electron chi connectivity index (χ1n) is 6.82. The molecule has 1 fully saturated rings. The minimum absolute atomic E-state index is 0.0810. The molecule has 1 aromatic rings. The molecule has 108 valence electrons. The second-order valence-electron chi connectivity index (χ2n) is 5.03. The Bertz CT molecular complexity index is 507. The predicted molar refractivity (Wildman–Crippen MR) is 74.1 cm³/mol. The van der Waals surface area contributed by atoms with Crippen LogP contribution in [0.5, 0.6) is 5.75 Å². The minimum atomic E-state index is -1.05. The van der Waals surface area contributed by atoms with E-state index in [-0.39, 0.29) is 23.8 Å². The number of rotatable bonds is 4. The highest BCUT2D eigenvalue weighted by molar-refractivity contribution is 5.91. The van der Waals surface area contributed by atoms with Crippen molar-refractivity contribution in [1.82, 2.24) is 4.90 Å². The maximum Gasteiger partial charge on any atom is 0.339 e. The maximum atomic E-state index is 12.0. The van der Waals surface area contributed by atoms with Crippen molar-refractivity contribution < 1.29 is 19.4 Å². The van der Waals surface area contributed by atoms with Gasteiger partial charge in [-0.25, -0.2) is 4.79 Å². The molecule has 1 aliphatic heterocycles. The first kappa shape index (κ1) is 14.4. The normalized spacial score (nSPS) is 14.9. The number of likely N-dealkylation sites (tertiary alicyclic amines) is 1. The molecule has 5 nitrogen and oxygen atoms in total. The minimum Gasteiger partial charge on any atom is -0.483 e. The van der Waals surface area contributed by atoms with E-state index in [2.05, 4.69) is 0 Å². The highest BCUT2D eigenvalue weighted by Gasteiger charge is 2.18. The molecule has 0 spiro atoms. The van der Waals surface area contributed by atoms with E-state index < -0.39 is 5.97 Å². The summed E-state index contributed by atoms with van der Waals surface area (Å²) in [4.78, 5) is 24.9. The van der Waals surface area contributed by atoms with Crippen LogP contribution in [0, 0.1) is 6.92 Å². The molecule has 1 aliphatic rings. The van der Waals surface area contributed by atoms with Crippen LogP contribution in [-0.4, -0.2) is 41.6 Å². The summed E-state index contributed by atoms with van der Waals surface area (Å²) in [5, 5.41) is 9.10. The number of hydrogen-bond acceptors (Lipinski definition) is 3. The summed E-state index contributed by atoms with van der Waals surface area (Å²) < 4.78 is 5.42. The molecule has 0 radical (unpaired) electrons. The smallest absolute Gasteiger partial charge is 0.339 e. The third-order valence-corrected chi connectivity index (χ3v) is 3.43. The Hall–Kier alpha value is -2.04. The second kappa shape index (κ2) is 6.41. The van der Waals surface area contributed by atoms with Crippen LogP contribution in [0.4, 0.5) is 0 Å². The molecular weight excluding hydrogens is 258 g/mol. The first-order chi connectivity index (χ1) is 9.58. The monoisotopic (exact) mass is 277 g/mol. The molecule has 0 aromatic heterocycles. The number of nitrogens with zero attached hydrogens (tertiary/aromatic N) is 1. The Balaban J connectivity index is 2.01. The zero-order valence-electron chi connectivity index (χ0n) is 11.6. The molecule has 0 unspecified atom stereocenters. The van der Waals surface area contributed by atoms with Crippen molar-refractivity contribution in [3.05, 3.63) is 29.3 Å². The second-order valence-corrected chi connectivity index (χ2v) is 5.03. The third-order valence-electron chi connectivity index (χ3n) is 3.43. The van der Waals surface area contributed by atoms with Crippen LogP contribution in [0.1, 0.15) is 35.2 Å². The van der Waals surface area contributed by atoms with E-state index >= 15 is 0 Å². The lowest BCUT2D eigenvalue weighted by Crippen LogP contribution is -2.38. The number of aromatic carboxylic acids is 1. The molecule has 5 heteroatoms. The molecule has 2 rings (SSSR count). The summed E-state index contributed by atoms with van der Waals surface area (Å²) in [6.45, 7) is 3.28. The zero-order valence-corrected chi connectivity index (χ0v) is 11.6. The van der Waals surface area contributed by atoms with E-state index in [1.54, 1.807) is 17.0 Å². The van der Waals surface area contributed by atoms with E-state index in [9.17, 15) is 9.59 Å². The predicted octanol–water partition coefficient (Wildman–Crippen LogP) is 2.08. The van der Waals surface area contributed by atoms with Crippen molar-refractivity contribution in [2.24, 2.45) is 0 Å². The van der Waals surface area contributed by atoms with Gasteiger partial charge in [0.15, 0.2) is 6.61 Å². The SMILES string of the molecule is Cc1ccc(C(=O)O)c(OCC(=O)N2CCCCC2)c1. The van der Waals surface area contributed by atoms with E-state index in [0.29, 0.717) is 0 Å². The number of ether oxygens (including phenoxy) is 1. The zero-order chi connectivity index (χ0) is 14.5. The summed E-state index contributed by atoms with van der Waals surface area (Å²) in [5.74, 6) is -0.879. The molecule has 0 aliphatic carbocycles. The largest absolute Gasteiger partial charge is 0.483 e. The van der Waals surface area contributed by atoms with Crippen LogP contribution in [0.3, 0.4) is 0 Å². The number of carbonyl (C=O) groups excluding carboxylic acids is 1. The van der Waals surface area contributed by atoms with Gasteiger partial charge >= 0.3 is 5.97 Å². The molecule has 0 atom stereocenters. The lowest BCUT2D eigenvalue weighted by atomic mass is 10.1. The Kier molecular flexibility index (Phi) is 4.61. The topological polar surface area (TPSA) is 66.8 Å². The molecule has 1 N–H and O–H groups in total. The van der Waals surface area contributed by atoms with Gasteiger partial charge in [0.2, 0.25) is 0 Å². The number of aryl methyl sites for hydroxylation is 1. The van der Waals surface area contributed by atoms with Crippen LogP contribution < -0.4 is 4.74 Å². The summed E-state index contributed by atoms with van der Waals surface area (Å²) in [6.07, 6.45) is 3.21. The molecule has 1 heterocycles. The number of piperidine rings is 1. The lowest BCUT2D eigenvalue weighted by molar-refractivity contribution is -0.134. The first-order valence-corrected chi connectivity index (χ1v) is 6.82. The molecule has 20 heavy (non-hydrogen) atoms. The van der Waals surface area contributed by atoms with Gasteiger partial charge in [0.05, 0.1) is 0 Å². The number of amides is 1. The van der Waals surface area contributed by atoms with E-state index in [0.717, 1.165) is 37.9 Å². The number of carbonyl (C=O) groups is 2. The summed E-state index contributed by atoms with van der Waals surface area (Å²) >= 11 is 0. The van der Waals surface area contributed by atoms with Crippen LogP contribution in [0.15, 0.2) is 18.2 Å². The summed E-state index contributed by atoms with van der Waals surface area (Å²) in [5.41, 5.74) is 0.984. The Labute approximate surface area is 118 Å². The van der Waals surface area contributed by atoms with E-state index in [1.165, 1.54) is 6.07 Å².